The van der Waals surface area contributed by atoms with E-state index in [4.69, 9.17) is 0 Å². The molecule has 1 atom stereocenters. The van der Waals surface area contributed by atoms with Gasteiger partial charge in [-0.3, -0.25) is 0 Å². The van der Waals surface area contributed by atoms with Gasteiger partial charge in [-0.05, 0) is 29.9 Å². The van der Waals surface area contributed by atoms with Crippen molar-refractivity contribution >= 4 is 0 Å². The molecule has 220 valence electrons. The van der Waals surface area contributed by atoms with E-state index < -0.39 is 0 Å². The van der Waals surface area contributed by atoms with Gasteiger partial charge in [0.05, 0.1) is 20.0 Å². The number of imidazole rings is 1. The summed E-state index contributed by atoms with van der Waals surface area (Å²) in [6.07, 6.45) is 27.2. The third kappa shape index (κ3) is 12.0. The zero-order valence-electron chi connectivity index (χ0n) is 26.3. The lowest BCUT2D eigenvalue weighted by molar-refractivity contribution is -0.678. The quantitative estimate of drug-likeness (QED) is 0.0880. The van der Waals surface area contributed by atoms with Crippen LogP contribution in [-0.4, -0.2) is 4.57 Å². The zero-order valence-corrected chi connectivity index (χ0v) is 26.3. The number of rotatable bonds is 22. The lowest BCUT2D eigenvalue weighted by atomic mass is 9.96. The van der Waals surface area contributed by atoms with Gasteiger partial charge in [-0.2, -0.15) is 0 Å². The van der Waals surface area contributed by atoms with Gasteiger partial charge >= 0.3 is 0 Å². The zero-order chi connectivity index (χ0) is 28.3. The molecule has 0 aliphatic heterocycles. The fraction of sp³-hybridized carbons (Fsp3) is 0.605. The molecule has 0 fully saturated rings. The number of hydrogen-bond donors (Lipinski definition) is 0. The summed E-state index contributed by atoms with van der Waals surface area (Å²) in [5.74, 6) is 1.95. The minimum atomic E-state index is 0.519. The van der Waals surface area contributed by atoms with Crippen molar-refractivity contribution in [2.45, 2.75) is 142 Å². The first kappa shape index (κ1) is 32.2. The van der Waals surface area contributed by atoms with Crippen molar-refractivity contribution in [3.8, 4) is 0 Å². The summed E-state index contributed by atoms with van der Waals surface area (Å²) >= 11 is 0. The Morgan fingerprint density at radius 3 is 1.62 bits per heavy atom. The summed E-state index contributed by atoms with van der Waals surface area (Å²) in [6, 6.07) is 22.0. The minimum Gasteiger partial charge on any atom is -0.236 e. The monoisotopic (exact) mass is 543 g/mol. The molecule has 2 heteroatoms. The summed E-state index contributed by atoms with van der Waals surface area (Å²) in [5, 5.41) is 0. The summed E-state index contributed by atoms with van der Waals surface area (Å²) in [6.45, 7) is 5.81. The Bertz CT molecular complexity index is 1020. The maximum Gasteiger partial charge on any atom is 0.260 e. The Labute approximate surface area is 247 Å². The Morgan fingerprint density at radius 1 is 0.625 bits per heavy atom. The second-order valence-corrected chi connectivity index (χ2v) is 12.3. The average Bonchev–Trinajstić information content (AvgIpc) is 3.26. The molecule has 0 aliphatic carbocycles. The average molecular weight is 544 g/mol. The minimum absolute atomic E-state index is 0.519. The number of unbranched alkanes of at least 4 members (excludes halogenated alkanes) is 15. The van der Waals surface area contributed by atoms with E-state index in [1.165, 1.54) is 125 Å². The highest BCUT2D eigenvalue weighted by atomic mass is 15.1. The third-order valence-corrected chi connectivity index (χ3v) is 8.73. The summed E-state index contributed by atoms with van der Waals surface area (Å²) in [7, 11) is 2.24. The fourth-order valence-electron chi connectivity index (χ4n) is 6.19. The highest BCUT2D eigenvalue weighted by Gasteiger charge is 2.23. The summed E-state index contributed by atoms with van der Waals surface area (Å²) < 4.78 is 5.03. The van der Waals surface area contributed by atoms with E-state index in [-0.39, 0.29) is 0 Å². The molecule has 3 rings (SSSR count). The smallest absolute Gasteiger partial charge is 0.236 e. The van der Waals surface area contributed by atoms with Gasteiger partial charge in [0.25, 0.3) is 5.82 Å². The Kier molecular flexibility index (Phi) is 15.8. The predicted octanol–water partition coefficient (Wildman–Crippen LogP) is 10.5. The van der Waals surface area contributed by atoms with Crippen LogP contribution in [0.2, 0.25) is 0 Å². The molecule has 0 N–H and O–H groups in total. The van der Waals surface area contributed by atoms with Crippen LogP contribution in [0.4, 0.5) is 0 Å². The van der Waals surface area contributed by atoms with Crippen LogP contribution in [0.25, 0.3) is 0 Å². The molecular weight excluding hydrogens is 484 g/mol. The van der Waals surface area contributed by atoms with Crippen molar-refractivity contribution in [2.75, 3.05) is 0 Å². The van der Waals surface area contributed by atoms with E-state index in [9.17, 15) is 0 Å². The first-order valence-electron chi connectivity index (χ1n) is 16.8. The van der Waals surface area contributed by atoms with Crippen LogP contribution in [0.1, 0.15) is 145 Å². The molecule has 0 spiro atoms. The summed E-state index contributed by atoms with van der Waals surface area (Å²) in [5.41, 5.74) is 4.31. The van der Waals surface area contributed by atoms with Gasteiger partial charge in [0.15, 0.2) is 0 Å². The van der Waals surface area contributed by atoms with Crippen LogP contribution in [-0.2, 0) is 26.4 Å². The Hall–Kier alpha value is -2.35. The van der Waals surface area contributed by atoms with Crippen LogP contribution in [0, 0.1) is 0 Å². The predicted molar refractivity (Wildman–Crippen MR) is 173 cm³/mol. The first-order chi connectivity index (χ1) is 19.7. The standard InChI is InChI=1S/C38H59N2/c1-4-5-6-7-8-9-10-11-12-13-14-15-16-17-18-25-30-40-37(31-34(2)36-28-23-20-24-29-36)33-39(3)38(40)32-35-26-21-19-22-27-35/h19-24,26-29,33-34H,4-18,25,30-32H2,1-3H3/q+1. The lowest BCUT2D eigenvalue weighted by Crippen LogP contribution is -2.32. The molecule has 40 heavy (non-hydrogen) atoms. The molecule has 2 aromatic carbocycles. The van der Waals surface area contributed by atoms with Gasteiger partial charge in [-0.25, -0.2) is 9.13 Å². The number of benzene rings is 2. The van der Waals surface area contributed by atoms with E-state index in [1.54, 1.807) is 0 Å². The highest BCUT2D eigenvalue weighted by molar-refractivity contribution is 5.22. The number of aromatic nitrogens is 2. The van der Waals surface area contributed by atoms with Gasteiger partial charge in [0, 0.05) is 6.42 Å². The molecule has 3 aromatic rings. The lowest BCUT2D eigenvalue weighted by Gasteiger charge is -2.12. The second-order valence-electron chi connectivity index (χ2n) is 12.3. The first-order valence-corrected chi connectivity index (χ1v) is 16.8. The van der Waals surface area contributed by atoms with E-state index >= 15 is 0 Å². The Morgan fingerprint density at radius 2 is 1.10 bits per heavy atom. The molecule has 2 nitrogen and oxygen atoms in total. The molecule has 0 aliphatic rings. The fourth-order valence-corrected chi connectivity index (χ4v) is 6.19. The Balaban J connectivity index is 1.38. The van der Waals surface area contributed by atoms with Crippen LogP contribution in [0.3, 0.4) is 0 Å². The molecule has 0 saturated carbocycles. The SMILES string of the molecule is CCCCCCCCCCCCCCCCCCn1c(CC(C)c2ccccc2)c[n+](C)c1Cc1ccccc1. The largest absolute Gasteiger partial charge is 0.260 e. The van der Waals surface area contributed by atoms with Gasteiger partial charge in [0.1, 0.15) is 11.9 Å². The number of hydrogen-bond acceptors (Lipinski definition) is 0. The molecule has 0 bridgehead atoms. The van der Waals surface area contributed by atoms with Crippen molar-refractivity contribution in [1.29, 1.82) is 0 Å². The third-order valence-electron chi connectivity index (χ3n) is 8.73. The van der Waals surface area contributed by atoms with Crippen LogP contribution in [0.5, 0.6) is 0 Å². The highest BCUT2D eigenvalue weighted by Crippen LogP contribution is 2.22. The van der Waals surface area contributed by atoms with Crippen LogP contribution in [0.15, 0.2) is 66.9 Å². The van der Waals surface area contributed by atoms with E-state index in [0.29, 0.717) is 5.92 Å². The molecule has 0 saturated heterocycles. The van der Waals surface area contributed by atoms with E-state index in [0.717, 1.165) is 19.4 Å². The van der Waals surface area contributed by atoms with Crippen molar-refractivity contribution in [3.05, 3.63) is 89.5 Å². The van der Waals surface area contributed by atoms with Gasteiger partial charge in [-0.1, -0.05) is 164 Å². The number of aryl methyl sites for hydroxylation is 1. The number of nitrogens with zero attached hydrogens (tertiary/aromatic N) is 2. The second kappa shape index (κ2) is 19.7. The van der Waals surface area contributed by atoms with Crippen LogP contribution < -0.4 is 4.57 Å². The normalized spacial score (nSPS) is 12.2. The van der Waals surface area contributed by atoms with Gasteiger partial charge in [-0.15, -0.1) is 0 Å². The molecule has 0 amide bonds. The van der Waals surface area contributed by atoms with Gasteiger partial charge in [0.2, 0.25) is 0 Å². The molecule has 1 heterocycles. The van der Waals surface area contributed by atoms with Crippen molar-refractivity contribution < 1.29 is 4.57 Å². The van der Waals surface area contributed by atoms with Crippen molar-refractivity contribution in [1.82, 2.24) is 4.57 Å². The molecule has 1 unspecified atom stereocenters. The maximum atomic E-state index is 2.65. The molecular formula is C38H59N2+. The van der Waals surface area contributed by atoms with E-state index in [1.807, 2.05) is 0 Å². The van der Waals surface area contributed by atoms with Crippen molar-refractivity contribution in [2.24, 2.45) is 7.05 Å². The van der Waals surface area contributed by atoms with Gasteiger partial charge < -0.3 is 0 Å². The summed E-state index contributed by atoms with van der Waals surface area (Å²) in [4.78, 5) is 0. The molecule has 1 aromatic heterocycles. The van der Waals surface area contributed by atoms with Crippen LogP contribution >= 0.6 is 0 Å². The topological polar surface area (TPSA) is 8.81 Å². The molecule has 0 radical (unpaired) electrons. The van der Waals surface area contributed by atoms with Crippen molar-refractivity contribution in [3.63, 3.8) is 0 Å². The van der Waals surface area contributed by atoms with E-state index in [2.05, 4.69) is 96.9 Å². The maximum absolute atomic E-state index is 2.65.